The molecular weight excluding hydrogens is 292 g/mol. The molecule has 126 valence electrons. The molecule has 1 aromatic rings. The summed E-state index contributed by atoms with van der Waals surface area (Å²) in [5.74, 6) is 1.15. The van der Waals surface area contributed by atoms with E-state index in [-0.39, 0.29) is 17.6 Å². The van der Waals surface area contributed by atoms with Crippen LogP contribution in [0.25, 0.3) is 0 Å². The third kappa shape index (κ3) is 5.74. The van der Waals surface area contributed by atoms with Gasteiger partial charge in [0.2, 0.25) is 0 Å². The van der Waals surface area contributed by atoms with Crippen molar-refractivity contribution in [3.8, 4) is 5.75 Å². The molecule has 1 aromatic carbocycles. The summed E-state index contributed by atoms with van der Waals surface area (Å²) in [6, 6.07) is 8.05. The van der Waals surface area contributed by atoms with Gasteiger partial charge >= 0.3 is 0 Å². The van der Waals surface area contributed by atoms with Crippen molar-refractivity contribution in [2.75, 3.05) is 19.8 Å². The van der Waals surface area contributed by atoms with Gasteiger partial charge in [0.1, 0.15) is 12.4 Å². The molecule has 0 saturated heterocycles. The van der Waals surface area contributed by atoms with Crippen molar-refractivity contribution in [2.24, 2.45) is 5.92 Å². The number of aliphatic hydroxyl groups excluding tert-OH is 1. The normalized spacial score (nSPS) is 14.0. The summed E-state index contributed by atoms with van der Waals surface area (Å²) in [7, 11) is -1.70. The number of aliphatic hydroxyl groups is 1. The number of hydrogen-bond donors (Lipinski definition) is 1. The molecule has 0 heterocycles. The average Bonchev–Trinajstić information content (AvgIpc) is 2.43. The number of benzene rings is 1. The van der Waals surface area contributed by atoms with Crippen LogP contribution in [0.5, 0.6) is 5.75 Å². The largest absolute Gasteiger partial charge is 0.491 e. The van der Waals surface area contributed by atoms with Crippen LogP contribution in [-0.2, 0) is 10.8 Å². The number of rotatable bonds is 8. The summed E-state index contributed by atoms with van der Waals surface area (Å²) in [6.07, 6.45) is 0.829. The van der Waals surface area contributed by atoms with Crippen LogP contribution in [0.1, 0.15) is 33.3 Å². The quantitative estimate of drug-likeness (QED) is 0.573. The predicted molar refractivity (Wildman–Crippen MR) is 95.0 cm³/mol. The predicted octanol–water partition coefficient (Wildman–Crippen LogP) is 4.26. The minimum absolute atomic E-state index is 0.197. The highest BCUT2D eigenvalue weighted by atomic mass is 28.4. The van der Waals surface area contributed by atoms with Gasteiger partial charge in [-0.3, -0.25) is 0 Å². The van der Waals surface area contributed by atoms with Gasteiger partial charge in [0.25, 0.3) is 0 Å². The van der Waals surface area contributed by atoms with E-state index in [1.54, 1.807) is 0 Å². The van der Waals surface area contributed by atoms with Crippen LogP contribution in [0.15, 0.2) is 24.3 Å². The van der Waals surface area contributed by atoms with E-state index in [2.05, 4.69) is 39.9 Å². The lowest BCUT2D eigenvalue weighted by molar-refractivity contribution is 0.200. The Balaban J connectivity index is 2.52. The van der Waals surface area contributed by atoms with Gasteiger partial charge in [0, 0.05) is 6.61 Å². The molecule has 22 heavy (non-hydrogen) atoms. The van der Waals surface area contributed by atoms with Gasteiger partial charge < -0.3 is 14.3 Å². The maximum Gasteiger partial charge on any atom is 0.192 e. The summed E-state index contributed by atoms with van der Waals surface area (Å²) < 4.78 is 12.0. The van der Waals surface area contributed by atoms with Gasteiger partial charge in [0.15, 0.2) is 8.32 Å². The van der Waals surface area contributed by atoms with Gasteiger partial charge in [-0.1, -0.05) is 45.9 Å². The molecule has 0 radical (unpaired) electrons. The van der Waals surface area contributed by atoms with Gasteiger partial charge in [0.05, 0.1) is 6.61 Å². The highest BCUT2D eigenvalue weighted by molar-refractivity contribution is 6.74. The second-order valence-corrected chi connectivity index (χ2v) is 12.4. The first kappa shape index (κ1) is 19.2. The first-order valence-corrected chi connectivity index (χ1v) is 11.0. The molecule has 3 nitrogen and oxygen atoms in total. The SMILES string of the molecule is C[C@H](CO)Cc1ccccc1OCCO[Si](C)(C)C(C)(C)C. The van der Waals surface area contributed by atoms with Crippen LogP contribution in [0, 0.1) is 5.92 Å². The number of hydrogen-bond acceptors (Lipinski definition) is 3. The van der Waals surface area contributed by atoms with Crippen molar-refractivity contribution in [3.05, 3.63) is 29.8 Å². The van der Waals surface area contributed by atoms with Crippen LogP contribution in [0.4, 0.5) is 0 Å². The van der Waals surface area contributed by atoms with Crippen molar-refractivity contribution < 1.29 is 14.3 Å². The van der Waals surface area contributed by atoms with Gasteiger partial charge in [-0.25, -0.2) is 0 Å². The van der Waals surface area contributed by atoms with Gasteiger partial charge in [-0.2, -0.15) is 0 Å². The topological polar surface area (TPSA) is 38.7 Å². The highest BCUT2D eigenvalue weighted by Gasteiger charge is 2.36. The molecule has 0 fully saturated rings. The molecule has 0 bridgehead atoms. The Morgan fingerprint density at radius 1 is 1.14 bits per heavy atom. The molecule has 0 aliphatic rings. The molecule has 1 N–H and O–H groups in total. The Morgan fingerprint density at radius 2 is 1.77 bits per heavy atom. The van der Waals surface area contributed by atoms with Crippen LogP contribution in [-0.4, -0.2) is 33.2 Å². The fourth-order valence-electron chi connectivity index (χ4n) is 1.92. The lowest BCUT2D eigenvalue weighted by Crippen LogP contribution is -2.41. The standard InChI is InChI=1S/C18H32O3Si/c1-15(14-19)13-16-9-7-8-10-17(16)20-11-12-21-22(5,6)18(2,3)4/h7-10,15,19H,11-14H2,1-6H3/t15-/m0/s1. The monoisotopic (exact) mass is 324 g/mol. The zero-order chi connectivity index (χ0) is 16.8. The maximum atomic E-state index is 9.21. The van der Waals surface area contributed by atoms with E-state index in [0.717, 1.165) is 17.7 Å². The first-order valence-electron chi connectivity index (χ1n) is 8.13. The molecule has 0 saturated carbocycles. The van der Waals surface area contributed by atoms with E-state index in [1.807, 2.05) is 25.1 Å². The third-order valence-corrected chi connectivity index (χ3v) is 9.00. The first-order chi connectivity index (χ1) is 10.2. The second kappa shape index (κ2) is 8.13. The Labute approximate surface area is 136 Å². The summed E-state index contributed by atoms with van der Waals surface area (Å²) in [4.78, 5) is 0. The molecule has 1 atom stereocenters. The zero-order valence-electron chi connectivity index (χ0n) is 15.0. The Kier molecular flexibility index (Phi) is 7.10. The van der Waals surface area contributed by atoms with E-state index in [1.165, 1.54) is 0 Å². The lowest BCUT2D eigenvalue weighted by Gasteiger charge is -2.36. The van der Waals surface area contributed by atoms with Gasteiger partial charge in [-0.15, -0.1) is 0 Å². The van der Waals surface area contributed by atoms with Gasteiger partial charge in [-0.05, 0) is 42.1 Å². The summed E-state index contributed by atoms with van der Waals surface area (Å²) in [5.41, 5.74) is 1.15. The maximum absolute atomic E-state index is 9.21. The molecule has 0 aliphatic heterocycles. The van der Waals surface area contributed by atoms with E-state index in [4.69, 9.17) is 9.16 Å². The zero-order valence-corrected chi connectivity index (χ0v) is 16.0. The van der Waals surface area contributed by atoms with E-state index < -0.39 is 8.32 Å². The van der Waals surface area contributed by atoms with Crippen LogP contribution >= 0.6 is 0 Å². The van der Waals surface area contributed by atoms with Crippen LogP contribution in [0.3, 0.4) is 0 Å². The van der Waals surface area contributed by atoms with E-state index in [0.29, 0.717) is 13.2 Å². The fourth-order valence-corrected chi connectivity index (χ4v) is 2.94. The van der Waals surface area contributed by atoms with Crippen molar-refractivity contribution in [3.63, 3.8) is 0 Å². The van der Waals surface area contributed by atoms with Crippen molar-refractivity contribution in [1.82, 2.24) is 0 Å². The molecule has 0 aromatic heterocycles. The Bertz CT molecular complexity index is 452. The summed E-state index contributed by atoms with van der Waals surface area (Å²) >= 11 is 0. The summed E-state index contributed by atoms with van der Waals surface area (Å²) in [6.45, 7) is 14.7. The molecule has 0 amide bonds. The molecule has 0 unspecified atom stereocenters. The molecule has 4 heteroatoms. The van der Waals surface area contributed by atoms with Crippen molar-refractivity contribution >= 4 is 8.32 Å². The number of ether oxygens (including phenoxy) is 1. The van der Waals surface area contributed by atoms with Crippen molar-refractivity contribution in [2.45, 2.75) is 52.2 Å². The fraction of sp³-hybridized carbons (Fsp3) is 0.667. The smallest absolute Gasteiger partial charge is 0.192 e. The van der Waals surface area contributed by atoms with Crippen LogP contribution < -0.4 is 4.74 Å². The number of para-hydroxylation sites is 1. The lowest BCUT2D eigenvalue weighted by atomic mass is 10.0. The minimum Gasteiger partial charge on any atom is -0.491 e. The van der Waals surface area contributed by atoms with Crippen molar-refractivity contribution in [1.29, 1.82) is 0 Å². The Hall–Kier alpha value is -0.843. The molecular formula is C18H32O3Si. The average molecular weight is 325 g/mol. The van der Waals surface area contributed by atoms with E-state index >= 15 is 0 Å². The minimum atomic E-state index is -1.70. The van der Waals surface area contributed by atoms with E-state index in [9.17, 15) is 5.11 Å². The highest BCUT2D eigenvalue weighted by Crippen LogP contribution is 2.36. The second-order valence-electron chi connectivity index (χ2n) is 7.56. The molecule has 1 rings (SSSR count). The molecule has 0 spiro atoms. The summed E-state index contributed by atoms with van der Waals surface area (Å²) in [5, 5.41) is 9.43. The third-order valence-electron chi connectivity index (χ3n) is 4.46. The molecule has 0 aliphatic carbocycles. The Morgan fingerprint density at radius 3 is 2.36 bits per heavy atom. The van der Waals surface area contributed by atoms with Crippen LogP contribution in [0.2, 0.25) is 18.1 Å².